The Kier molecular flexibility index (Phi) is 3.05. The third-order valence-electron chi connectivity index (χ3n) is 3.72. The molecule has 3 aromatic rings. The number of hydrogen-bond donors (Lipinski definition) is 0. The van der Waals surface area contributed by atoms with Crippen LogP contribution in [-0.2, 0) is 7.05 Å². The Morgan fingerprint density at radius 1 is 1.15 bits per heavy atom. The summed E-state index contributed by atoms with van der Waals surface area (Å²) in [5.41, 5.74) is 4.81. The van der Waals surface area contributed by atoms with E-state index in [9.17, 15) is 0 Å². The minimum atomic E-state index is 0.395. The number of rotatable bonds is 2. The van der Waals surface area contributed by atoms with E-state index in [-0.39, 0.29) is 0 Å². The molecule has 0 bridgehead atoms. The minimum Gasteiger partial charge on any atom is -0.259 e. The van der Waals surface area contributed by atoms with Gasteiger partial charge in [0.1, 0.15) is 11.2 Å². The molecule has 0 radical (unpaired) electrons. The van der Waals surface area contributed by atoms with E-state index in [1.54, 1.807) is 0 Å². The number of hydrogen-bond acceptors (Lipinski definition) is 1. The lowest BCUT2D eigenvalue weighted by atomic mass is 10.0. The summed E-state index contributed by atoms with van der Waals surface area (Å²) in [5.74, 6) is 0.395. The van der Waals surface area contributed by atoms with E-state index in [2.05, 4.69) is 78.7 Å². The molecule has 0 amide bonds. The topological polar surface area (TPSA) is 21.7 Å². The van der Waals surface area contributed by atoms with Gasteiger partial charge in [-0.15, -0.1) is 9.36 Å². The van der Waals surface area contributed by atoms with E-state index in [0.29, 0.717) is 5.92 Å². The lowest BCUT2D eigenvalue weighted by molar-refractivity contribution is -0.742. The zero-order chi connectivity index (χ0) is 14.3. The summed E-state index contributed by atoms with van der Waals surface area (Å²) < 4.78 is 4.40. The Morgan fingerprint density at radius 2 is 1.90 bits per heavy atom. The van der Waals surface area contributed by atoms with Crippen LogP contribution in [0.1, 0.15) is 31.0 Å². The van der Waals surface area contributed by atoms with E-state index in [0.717, 1.165) is 5.69 Å². The number of pyridine rings is 1. The zero-order valence-corrected chi connectivity index (χ0v) is 12.5. The molecule has 3 rings (SSSR count). The van der Waals surface area contributed by atoms with Crippen LogP contribution in [0.3, 0.4) is 0 Å². The van der Waals surface area contributed by atoms with Gasteiger partial charge in [-0.2, -0.15) is 0 Å². The lowest BCUT2D eigenvalue weighted by Gasteiger charge is -2.13. The molecule has 0 spiro atoms. The summed E-state index contributed by atoms with van der Waals surface area (Å²) in [6, 6.07) is 10.5. The van der Waals surface area contributed by atoms with Gasteiger partial charge in [-0.25, -0.2) is 0 Å². The first-order valence-corrected chi connectivity index (χ1v) is 7.02. The molecule has 0 atom stereocenters. The predicted octanol–water partition coefficient (Wildman–Crippen LogP) is 3.28. The molecule has 0 fully saturated rings. The van der Waals surface area contributed by atoms with Crippen molar-refractivity contribution in [2.24, 2.45) is 7.05 Å². The molecule has 0 aliphatic rings. The molecular formula is C17H20N3+. The third-order valence-corrected chi connectivity index (χ3v) is 3.72. The van der Waals surface area contributed by atoms with Crippen molar-refractivity contribution in [3.8, 4) is 5.69 Å². The van der Waals surface area contributed by atoms with Crippen molar-refractivity contribution < 1.29 is 4.68 Å². The fourth-order valence-corrected chi connectivity index (χ4v) is 2.77. The summed E-state index contributed by atoms with van der Waals surface area (Å²) in [5, 5.41) is 1.24. The average Bonchev–Trinajstić information content (AvgIpc) is 2.74. The average molecular weight is 266 g/mol. The summed E-state index contributed by atoms with van der Waals surface area (Å²) in [6.45, 7) is 6.53. The highest BCUT2D eigenvalue weighted by Crippen LogP contribution is 2.26. The summed E-state index contributed by atoms with van der Waals surface area (Å²) in [6.07, 6.45) is 4.06. The quantitative estimate of drug-likeness (QED) is 0.652. The maximum absolute atomic E-state index is 4.61. The highest BCUT2D eigenvalue weighted by molar-refractivity contribution is 5.79. The third kappa shape index (κ3) is 1.90. The van der Waals surface area contributed by atoms with Gasteiger partial charge in [-0.05, 0) is 36.6 Å². The van der Waals surface area contributed by atoms with Gasteiger partial charge in [0.2, 0.25) is 6.20 Å². The first-order valence-electron chi connectivity index (χ1n) is 7.02. The maximum Gasteiger partial charge on any atom is 0.203 e. The van der Waals surface area contributed by atoms with Gasteiger partial charge >= 0.3 is 0 Å². The molecule has 0 saturated carbocycles. The molecule has 0 aliphatic heterocycles. The van der Waals surface area contributed by atoms with Crippen LogP contribution in [0.5, 0.6) is 0 Å². The summed E-state index contributed by atoms with van der Waals surface area (Å²) >= 11 is 0. The van der Waals surface area contributed by atoms with Crippen molar-refractivity contribution in [1.29, 1.82) is 0 Å². The van der Waals surface area contributed by atoms with Gasteiger partial charge in [0.05, 0.1) is 11.1 Å². The van der Waals surface area contributed by atoms with Gasteiger partial charge < -0.3 is 0 Å². The first kappa shape index (κ1) is 12.9. The second-order valence-corrected chi connectivity index (χ2v) is 5.59. The molecule has 102 valence electrons. The predicted molar refractivity (Wildman–Crippen MR) is 81.1 cm³/mol. The Hall–Kier alpha value is -2.16. The number of para-hydroxylation sites is 1. The van der Waals surface area contributed by atoms with Crippen LogP contribution in [0.25, 0.3) is 16.6 Å². The molecule has 3 nitrogen and oxygen atoms in total. The van der Waals surface area contributed by atoms with Gasteiger partial charge in [0, 0.05) is 6.20 Å². The standard InChI is InChI=1S/C17H20N3/c1-12(2)16-17(13(3)9-10-18-16)20-15-8-6-5-7-14(15)11-19(20)4/h5-12H,1-4H3/q+1. The second kappa shape index (κ2) is 4.75. The van der Waals surface area contributed by atoms with Crippen LogP contribution < -0.4 is 4.68 Å². The van der Waals surface area contributed by atoms with Crippen LogP contribution in [0.4, 0.5) is 0 Å². The molecule has 2 heterocycles. The fourth-order valence-electron chi connectivity index (χ4n) is 2.77. The number of aryl methyl sites for hydroxylation is 2. The first-order chi connectivity index (χ1) is 9.59. The van der Waals surface area contributed by atoms with E-state index in [4.69, 9.17) is 0 Å². The van der Waals surface area contributed by atoms with Crippen molar-refractivity contribution in [2.45, 2.75) is 26.7 Å². The minimum absolute atomic E-state index is 0.395. The van der Waals surface area contributed by atoms with Gasteiger partial charge in [-0.3, -0.25) is 4.98 Å². The SMILES string of the molecule is Cc1ccnc(C(C)C)c1-n1c2ccccc2c[n+]1C. The van der Waals surface area contributed by atoms with Crippen LogP contribution in [0, 0.1) is 6.92 Å². The monoisotopic (exact) mass is 266 g/mol. The smallest absolute Gasteiger partial charge is 0.203 e. The van der Waals surface area contributed by atoms with Gasteiger partial charge in [0.25, 0.3) is 0 Å². The molecule has 20 heavy (non-hydrogen) atoms. The van der Waals surface area contributed by atoms with Crippen molar-refractivity contribution in [3.05, 3.63) is 54.0 Å². The molecule has 0 aliphatic carbocycles. The maximum atomic E-state index is 4.61. The summed E-state index contributed by atoms with van der Waals surface area (Å²) in [4.78, 5) is 4.61. The van der Waals surface area contributed by atoms with Crippen LogP contribution >= 0.6 is 0 Å². The summed E-state index contributed by atoms with van der Waals surface area (Å²) in [7, 11) is 2.08. The molecule has 0 N–H and O–H groups in total. The van der Waals surface area contributed by atoms with Crippen molar-refractivity contribution in [3.63, 3.8) is 0 Å². The Labute approximate surface area is 119 Å². The number of fused-ring (bicyclic) bond motifs is 1. The van der Waals surface area contributed by atoms with Crippen molar-refractivity contribution in [2.75, 3.05) is 0 Å². The fraction of sp³-hybridized carbons (Fsp3) is 0.294. The largest absolute Gasteiger partial charge is 0.259 e. The van der Waals surface area contributed by atoms with Gasteiger partial charge in [0.15, 0.2) is 7.05 Å². The van der Waals surface area contributed by atoms with E-state index >= 15 is 0 Å². The number of nitrogens with zero attached hydrogens (tertiary/aromatic N) is 3. The molecule has 0 saturated heterocycles. The lowest BCUT2D eigenvalue weighted by Crippen LogP contribution is -2.38. The van der Waals surface area contributed by atoms with Crippen LogP contribution in [0.15, 0.2) is 42.7 Å². The van der Waals surface area contributed by atoms with E-state index in [1.165, 1.54) is 22.2 Å². The zero-order valence-electron chi connectivity index (χ0n) is 12.5. The number of aromatic nitrogens is 3. The molecule has 0 unspecified atom stereocenters. The Morgan fingerprint density at radius 3 is 2.65 bits per heavy atom. The van der Waals surface area contributed by atoms with Crippen LogP contribution in [0.2, 0.25) is 0 Å². The molecule has 1 aromatic carbocycles. The molecular weight excluding hydrogens is 246 g/mol. The molecule has 2 aromatic heterocycles. The Balaban J connectivity index is 2.39. The highest BCUT2D eigenvalue weighted by atomic mass is 15.4. The number of benzene rings is 1. The van der Waals surface area contributed by atoms with E-state index < -0.39 is 0 Å². The highest BCUT2D eigenvalue weighted by Gasteiger charge is 2.21. The molecule has 3 heteroatoms. The van der Waals surface area contributed by atoms with E-state index in [1.807, 2.05) is 6.20 Å². The van der Waals surface area contributed by atoms with Gasteiger partial charge in [-0.1, -0.05) is 26.0 Å². The Bertz CT molecular complexity index is 769. The van der Waals surface area contributed by atoms with Crippen LogP contribution in [-0.4, -0.2) is 9.67 Å². The normalized spacial score (nSPS) is 11.4. The second-order valence-electron chi connectivity index (χ2n) is 5.59. The van der Waals surface area contributed by atoms with Crippen molar-refractivity contribution in [1.82, 2.24) is 9.67 Å². The van der Waals surface area contributed by atoms with Crippen molar-refractivity contribution >= 4 is 10.9 Å².